The fraction of sp³-hybridized carbons (Fsp3) is 0.435. The molecule has 1 aliphatic rings. The summed E-state index contributed by atoms with van der Waals surface area (Å²) in [7, 11) is -1.52. The van der Waals surface area contributed by atoms with E-state index >= 15 is 0 Å². The molecule has 30 heavy (non-hydrogen) atoms. The molecule has 0 radical (unpaired) electrons. The fourth-order valence-corrected chi connectivity index (χ4v) is 5.27. The first-order chi connectivity index (χ1) is 14.4. The second kappa shape index (κ2) is 9.98. The summed E-state index contributed by atoms with van der Waals surface area (Å²) < 4.78 is 35.1. The third-order valence-corrected chi connectivity index (χ3v) is 7.02. The molecule has 0 N–H and O–H groups in total. The zero-order valence-electron chi connectivity index (χ0n) is 17.5. The maximum atomic E-state index is 13.4. The Bertz CT molecular complexity index is 956. The normalized spacial score (nSPS) is 17.5. The van der Waals surface area contributed by atoms with Crippen LogP contribution >= 0.6 is 0 Å². The van der Waals surface area contributed by atoms with Crippen LogP contribution in [-0.4, -0.2) is 50.5 Å². The van der Waals surface area contributed by atoms with Crippen molar-refractivity contribution in [1.82, 2.24) is 4.90 Å². The Balaban J connectivity index is 1.83. The summed E-state index contributed by atoms with van der Waals surface area (Å²) in [4.78, 5) is 15.1. The van der Waals surface area contributed by atoms with E-state index in [1.54, 1.807) is 30.2 Å². The Kier molecular flexibility index (Phi) is 7.37. The van der Waals surface area contributed by atoms with Crippen molar-refractivity contribution in [3.8, 4) is 11.5 Å². The number of hydrogen-bond donors (Lipinski definition) is 0. The van der Waals surface area contributed by atoms with Crippen molar-refractivity contribution in [1.29, 1.82) is 0 Å². The van der Waals surface area contributed by atoms with E-state index in [-0.39, 0.29) is 23.5 Å². The minimum atomic E-state index is -3.12. The number of nitrogens with zero attached hydrogens (tertiary/aromatic N) is 1. The van der Waals surface area contributed by atoms with E-state index in [0.717, 1.165) is 24.2 Å². The molecular formula is C23H29NO5S. The predicted octanol–water partition coefficient (Wildman–Crippen LogP) is 3.70. The van der Waals surface area contributed by atoms with Gasteiger partial charge in [0, 0.05) is 18.2 Å². The number of unbranched alkanes of at least 4 members (excludes halogenated alkanes) is 1. The third kappa shape index (κ3) is 5.75. The molecule has 2 aromatic rings. The maximum absolute atomic E-state index is 13.4. The molecule has 1 fully saturated rings. The molecule has 0 aromatic heterocycles. The number of amides is 1. The Morgan fingerprint density at radius 3 is 2.53 bits per heavy atom. The lowest BCUT2D eigenvalue weighted by atomic mass is 10.1. The topological polar surface area (TPSA) is 72.9 Å². The van der Waals surface area contributed by atoms with Gasteiger partial charge in [-0.2, -0.15) is 0 Å². The van der Waals surface area contributed by atoms with Crippen molar-refractivity contribution in [2.24, 2.45) is 0 Å². The Labute approximate surface area is 178 Å². The van der Waals surface area contributed by atoms with Crippen molar-refractivity contribution in [3.05, 3.63) is 59.7 Å². The van der Waals surface area contributed by atoms with Gasteiger partial charge < -0.3 is 14.4 Å². The summed E-state index contributed by atoms with van der Waals surface area (Å²) in [5.41, 5.74) is 1.42. The minimum absolute atomic E-state index is 0.00157. The van der Waals surface area contributed by atoms with Crippen molar-refractivity contribution < 1.29 is 22.7 Å². The zero-order valence-corrected chi connectivity index (χ0v) is 18.4. The van der Waals surface area contributed by atoms with Crippen LogP contribution in [0.25, 0.3) is 0 Å². The highest BCUT2D eigenvalue weighted by Gasteiger charge is 2.35. The molecule has 0 bridgehead atoms. The van der Waals surface area contributed by atoms with Crippen molar-refractivity contribution in [3.63, 3.8) is 0 Å². The van der Waals surface area contributed by atoms with Crippen molar-refractivity contribution >= 4 is 15.7 Å². The van der Waals surface area contributed by atoms with Gasteiger partial charge >= 0.3 is 0 Å². The Morgan fingerprint density at radius 2 is 1.90 bits per heavy atom. The van der Waals surface area contributed by atoms with Crippen LogP contribution in [0, 0.1) is 0 Å². The lowest BCUT2D eigenvalue weighted by Crippen LogP contribution is -2.40. The zero-order chi connectivity index (χ0) is 21.6. The number of methoxy groups -OCH3 is 1. The summed E-state index contributed by atoms with van der Waals surface area (Å²) >= 11 is 0. The van der Waals surface area contributed by atoms with E-state index < -0.39 is 9.84 Å². The number of benzene rings is 2. The molecule has 1 heterocycles. The quantitative estimate of drug-likeness (QED) is 0.566. The number of carbonyl (C=O) groups is 1. The fourth-order valence-electron chi connectivity index (χ4n) is 3.53. The van der Waals surface area contributed by atoms with Crippen LogP contribution in [0.1, 0.15) is 42.1 Å². The summed E-state index contributed by atoms with van der Waals surface area (Å²) in [5.74, 6) is 1.31. The molecule has 1 saturated heterocycles. The molecule has 3 rings (SSSR count). The second-order valence-electron chi connectivity index (χ2n) is 7.57. The van der Waals surface area contributed by atoms with Crippen LogP contribution in [0.5, 0.6) is 11.5 Å². The monoisotopic (exact) mass is 431 g/mol. The highest BCUT2D eigenvalue weighted by molar-refractivity contribution is 7.91. The van der Waals surface area contributed by atoms with E-state index in [2.05, 4.69) is 6.92 Å². The van der Waals surface area contributed by atoms with Gasteiger partial charge in [0.25, 0.3) is 5.91 Å². The largest absolute Gasteiger partial charge is 0.497 e. The van der Waals surface area contributed by atoms with Gasteiger partial charge in [0.15, 0.2) is 9.84 Å². The van der Waals surface area contributed by atoms with Crippen LogP contribution in [0.2, 0.25) is 0 Å². The SMILES string of the molecule is CCCCOc1cccc(C(=O)N(Cc2ccc(OC)cc2)[C@@H]2CCS(=O)(=O)C2)c1. The molecule has 162 valence electrons. The van der Waals surface area contributed by atoms with Crippen LogP contribution in [-0.2, 0) is 16.4 Å². The summed E-state index contributed by atoms with van der Waals surface area (Å²) in [6.07, 6.45) is 2.43. The highest BCUT2D eigenvalue weighted by Crippen LogP contribution is 2.24. The molecule has 0 spiro atoms. The standard InChI is InChI=1S/C23H29NO5S/c1-3-4-13-29-22-7-5-6-19(15-22)23(25)24(20-12-14-30(26,27)17-20)16-18-8-10-21(28-2)11-9-18/h5-11,15,20H,3-4,12-14,16-17H2,1-2H3/t20-/m1/s1. The molecular weight excluding hydrogens is 402 g/mol. The minimum Gasteiger partial charge on any atom is -0.497 e. The van der Waals surface area contributed by atoms with Gasteiger partial charge in [-0.1, -0.05) is 31.5 Å². The lowest BCUT2D eigenvalue weighted by Gasteiger charge is -2.29. The number of carbonyl (C=O) groups excluding carboxylic acids is 1. The van der Waals surface area contributed by atoms with Crippen LogP contribution in [0.3, 0.4) is 0 Å². The first kappa shape index (κ1) is 22.2. The first-order valence-electron chi connectivity index (χ1n) is 10.3. The maximum Gasteiger partial charge on any atom is 0.254 e. The molecule has 1 atom stereocenters. The Morgan fingerprint density at radius 1 is 1.13 bits per heavy atom. The molecule has 0 saturated carbocycles. The third-order valence-electron chi connectivity index (χ3n) is 5.27. The van der Waals surface area contributed by atoms with E-state index in [0.29, 0.717) is 30.9 Å². The van der Waals surface area contributed by atoms with Crippen molar-refractivity contribution in [2.45, 2.75) is 38.8 Å². The first-order valence-corrected chi connectivity index (χ1v) is 12.1. The van der Waals surface area contributed by atoms with Gasteiger partial charge in [0.1, 0.15) is 11.5 Å². The molecule has 1 amide bonds. The lowest BCUT2D eigenvalue weighted by molar-refractivity contribution is 0.0680. The van der Waals surface area contributed by atoms with Crippen LogP contribution in [0.15, 0.2) is 48.5 Å². The summed E-state index contributed by atoms with van der Waals surface area (Å²) in [6.45, 7) is 3.03. The second-order valence-corrected chi connectivity index (χ2v) is 9.80. The summed E-state index contributed by atoms with van der Waals surface area (Å²) in [5, 5.41) is 0. The number of hydrogen-bond acceptors (Lipinski definition) is 5. The van der Waals surface area contributed by atoms with E-state index in [4.69, 9.17) is 9.47 Å². The average Bonchev–Trinajstić information content (AvgIpc) is 3.12. The molecule has 2 aromatic carbocycles. The average molecular weight is 432 g/mol. The number of rotatable bonds is 9. The molecule has 0 aliphatic carbocycles. The van der Waals surface area contributed by atoms with E-state index in [1.165, 1.54) is 0 Å². The van der Waals surface area contributed by atoms with Gasteiger partial charge in [-0.05, 0) is 48.7 Å². The van der Waals surface area contributed by atoms with Gasteiger partial charge in [-0.3, -0.25) is 4.79 Å². The molecule has 6 nitrogen and oxygen atoms in total. The molecule has 1 aliphatic heterocycles. The van der Waals surface area contributed by atoms with Crippen LogP contribution in [0.4, 0.5) is 0 Å². The summed E-state index contributed by atoms with van der Waals surface area (Å²) in [6, 6.07) is 14.2. The Hall–Kier alpha value is -2.54. The van der Waals surface area contributed by atoms with Gasteiger partial charge in [0.05, 0.1) is 25.2 Å². The van der Waals surface area contributed by atoms with Crippen molar-refractivity contribution in [2.75, 3.05) is 25.2 Å². The smallest absolute Gasteiger partial charge is 0.254 e. The number of ether oxygens (including phenoxy) is 2. The van der Waals surface area contributed by atoms with Crippen LogP contribution < -0.4 is 9.47 Å². The van der Waals surface area contributed by atoms with Gasteiger partial charge in [-0.25, -0.2) is 8.42 Å². The molecule has 7 heteroatoms. The molecule has 0 unspecified atom stereocenters. The predicted molar refractivity (Wildman–Crippen MR) is 117 cm³/mol. The number of sulfone groups is 1. The van der Waals surface area contributed by atoms with Gasteiger partial charge in [-0.15, -0.1) is 0 Å². The van der Waals surface area contributed by atoms with E-state index in [9.17, 15) is 13.2 Å². The van der Waals surface area contributed by atoms with Gasteiger partial charge in [0.2, 0.25) is 0 Å². The van der Waals surface area contributed by atoms with E-state index in [1.807, 2.05) is 30.3 Å². The highest BCUT2D eigenvalue weighted by atomic mass is 32.2.